The summed E-state index contributed by atoms with van der Waals surface area (Å²) < 4.78 is 27.0. The monoisotopic (exact) mass is 470 g/mol. The number of benzene rings is 2. The van der Waals surface area contributed by atoms with Crippen LogP contribution in [0.3, 0.4) is 0 Å². The van der Waals surface area contributed by atoms with E-state index in [1.807, 2.05) is 17.0 Å². The van der Waals surface area contributed by atoms with Gasteiger partial charge in [-0.25, -0.2) is 0 Å². The standard InChI is InChI=1S/C25H30N2O7/c1-30-19-8-15-6-7-26(13-16(15)9-20(19)31-2)25(29)17-10-23(28)27(14-17)18-11-21(32-3)24(34-5)22(12-18)33-4/h8-9,11-12,17H,6-7,10,13-14H2,1-5H3. The lowest BCUT2D eigenvalue weighted by molar-refractivity contribution is -0.136. The maximum absolute atomic E-state index is 13.4. The van der Waals surface area contributed by atoms with Gasteiger partial charge in [0.05, 0.1) is 47.2 Å². The maximum Gasteiger partial charge on any atom is 0.228 e. The van der Waals surface area contributed by atoms with E-state index in [4.69, 9.17) is 23.7 Å². The van der Waals surface area contributed by atoms with Crippen LogP contribution in [0.5, 0.6) is 28.7 Å². The van der Waals surface area contributed by atoms with Crippen LogP contribution in [0.2, 0.25) is 0 Å². The second-order valence-electron chi connectivity index (χ2n) is 8.27. The number of hydrogen-bond acceptors (Lipinski definition) is 7. The zero-order valence-electron chi connectivity index (χ0n) is 20.2. The second kappa shape index (κ2) is 9.70. The highest BCUT2D eigenvalue weighted by atomic mass is 16.5. The number of anilines is 1. The molecule has 4 rings (SSSR count). The van der Waals surface area contributed by atoms with Gasteiger partial charge in [-0.3, -0.25) is 9.59 Å². The molecule has 182 valence electrons. The van der Waals surface area contributed by atoms with Gasteiger partial charge in [0.15, 0.2) is 23.0 Å². The van der Waals surface area contributed by atoms with Crippen molar-refractivity contribution in [3.05, 3.63) is 35.4 Å². The van der Waals surface area contributed by atoms with Gasteiger partial charge in [-0.2, -0.15) is 0 Å². The van der Waals surface area contributed by atoms with E-state index in [-0.39, 0.29) is 18.2 Å². The fourth-order valence-corrected chi connectivity index (χ4v) is 4.68. The highest BCUT2D eigenvalue weighted by Crippen LogP contribution is 2.42. The van der Waals surface area contributed by atoms with Gasteiger partial charge in [-0.05, 0) is 29.7 Å². The minimum Gasteiger partial charge on any atom is -0.493 e. The van der Waals surface area contributed by atoms with E-state index in [0.29, 0.717) is 54.1 Å². The van der Waals surface area contributed by atoms with Crippen LogP contribution in [0.15, 0.2) is 24.3 Å². The van der Waals surface area contributed by atoms with Crippen molar-refractivity contribution in [3.8, 4) is 28.7 Å². The third-order valence-corrected chi connectivity index (χ3v) is 6.47. The molecule has 34 heavy (non-hydrogen) atoms. The lowest BCUT2D eigenvalue weighted by Crippen LogP contribution is -2.40. The summed E-state index contributed by atoms with van der Waals surface area (Å²) in [5.74, 6) is 2.12. The number of amides is 2. The molecule has 0 saturated carbocycles. The molecule has 2 aromatic carbocycles. The maximum atomic E-state index is 13.4. The molecule has 2 heterocycles. The van der Waals surface area contributed by atoms with Crippen LogP contribution < -0.4 is 28.6 Å². The minimum absolute atomic E-state index is 0.0243. The largest absolute Gasteiger partial charge is 0.493 e. The van der Waals surface area contributed by atoms with Crippen LogP contribution in [-0.2, 0) is 22.6 Å². The van der Waals surface area contributed by atoms with E-state index in [9.17, 15) is 9.59 Å². The van der Waals surface area contributed by atoms with Crippen LogP contribution in [0, 0.1) is 5.92 Å². The molecule has 2 amide bonds. The number of methoxy groups -OCH3 is 5. The summed E-state index contributed by atoms with van der Waals surface area (Å²) in [5.41, 5.74) is 2.78. The Morgan fingerprint density at radius 3 is 1.97 bits per heavy atom. The molecule has 0 bridgehead atoms. The fourth-order valence-electron chi connectivity index (χ4n) is 4.68. The molecule has 2 aliphatic rings. The predicted octanol–water partition coefficient (Wildman–Crippen LogP) is 2.67. The molecule has 2 aliphatic heterocycles. The van der Waals surface area contributed by atoms with Crippen molar-refractivity contribution in [1.29, 1.82) is 0 Å². The lowest BCUT2D eigenvalue weighted by Gasteiger charge is -2.31. The van der Waals surface area contributed by atoms with Crippen molar-refractivity contribution >= 4 is 17.5 Å². The van der Waals surface area contributed by atoms with Gasteiger partial charge < -0.3 is 33.5 Å². The van der Waals surface area contributed by atoms with Gasteiger partial charge in [0, 0.05) is 38.2 Å². The molecule has 0 spiro atoms. The normalized spacial score (nSPS) is 17.3. The summed E-state index contributed by atoms with van der Waals surface area (Å²) >= 11 is 0. The number of ether oxygens (including phenoxy) is 5. The van der Waals surface area contributed by atoms with Gasteiger partial charge in [0.25, 0.3) is 0 Å². The summed E-state index contributed by atoms with van der Waals surface area (Å²) in [6, 6.07) is 7.35. The smallest absolute Gasteiger partial charge is 0.228 e. The SMILES string of the molecule is COc1cc2c(cc1OC)CN(C(=O)C1CC(=O)N(c3cc(OC)c(OC)c(OC)c3)C1)CC2. The van der Waals surface area contributed by atoms with E-state index >= 15 is 0 Å². The first-order valence-corrected chi connectivity index (χ1v) is 11.1. The highest BCUT2D eigenvalue weighted by Gasteiger charge is 2.38. The van der Waals surface area contributed by atoms with E-state index in [1.165, 1.54) is 21.3 Å². The quantitative estimate of drug-likeness (QED) is 0.615. The Labute approximate surface area is 199 Å². The third kappa shape index (κ3) is 4.18. The molecule has 1 atom stereocenters. The molecule has 1 unspecified atom stereocenters. The average Bonchev–Trinajstić information content (AvgIpc) is 3.27. The van der Waals surface area contributed by atoms with Gasteiger partial charge in [-0.1, -0.05) is 0 Å². The Morgan fingerprint density at radius 1 is 0.824 bits per heavy atom. The van der Waals surface area contributed by atoms with Gasteiger partial charge >= 0.3 is 0 Å². The van der Waals surface area contributed by atoms with Crippen molar-refractivity contribution in [2.24, 2.45) is 5.92 Å². The van der Waals surface area contributed by atoms with Crippen molar-refractivity contribution in [2.45, 2.75) is 19.4 Å². The summed E-state index contributed by atoms with van der Waals surface area (Å²) in [5, 5.41) is 0. The number of rotatable bonds is 7. The van der Waals surface area contributed by atoms with Crippen molar-refractivity contribution < 1.29 is 33.3 Å². The van der Waals surface area contributed by atoms with Crippen LogP contribution in [0.4, 0.5) is 5.69 Å². The van der Waals surface area contributed by atoms with Crippen LogP contribution in [-0.4, -0.2) is 65.4 Å². The molecule has 0 aromatic heterocycles. The first-order valence-electron chi connectivity index (χ1n) is 11.1. The third-order valence-electron chi connectivity index (χ3n) is 6.47. The summed E-state index contributed by atoms with van der Waals surface area (Å²) in [7, 11) is 7.78. The van der Waals surface area contributed by atoms with E-state index in [0.717, 1.165) is 17.5 Å². The average molecular weight is 471 g/mol. The molecule has 0 aliphatic carbocycles. The molecule has 1 fully saturated rings. The number of carbonyl (C=O) groups is 2. The topological polar surface area (TPSA) is 86.8 Å². The minimum atomic E-state index is -0.423. The highest BCUT2D eigenvalue weighted by molar-refractivity contribution is 6.00. The Balaban J connectivity index is 1.52. The molecule has 0 radical (unpaired) electrons. The summed E-state index contributed by atoms with van der Waals surface area (Å²) in [6.45, 7) is 1.37. The summed E-state index contributed by atoms with van der Waals surface area (Å²) in [6.07, 6.45) is 0.878. The van der Waals surface area contributed by atoms with Crippen molar-refractivity contribution in [3.63, 3.8) is 0 Å². The zero-order valence-corrected chi connectivity index (χ0v) is 20.2. The Morgan fingerprint density at radius 2 is 1.41 bits per heavy atom. The Kier molecular flexibility index (Phi) is 6.72. The van der Waals surface area contributed by atoms with Crippen LogP contribution in [0.25, 0.3) is 0 Å². The predicted molar refractivity (Wildman–Crippen MR) is 125 cm³/mol. The molecule has 9 nitrogen and oxygen atoms in total. The molecule has 0 N–H and O–H groups in total. The molecule has 9 heteroatoms. The van der Waals surface area contributed by atoms with Gasteiger partial charge in [0.2, 0.25) is 17.6 Å². The van der Waals surface area contributed by atoms with Crippen LogP contribution in [0.1, 0.15) is 17.5 Å². The Bertz CT molecular complexity index is 1080. The second-order valence-corrected chi connectivity index (χ2v) is 8.27. The zero-order chi connectivity index (χ0) is 24.4. The lowest BCUT2D eigenvalue weighted by atomic mass is 9.97. The van der Waals surface area contributed by atoms with Gasteiger partial charge in [-0.15, -0.1) is 0 Å². The van der Waals surface area contributed by atoms with E-state index in [2.05, 4.69) is 0 Å². The van der Waals surface area contributed by atoms with Gasteiger partial charge in [0.1, 0.15) is 0 Å². The molecular weight excluding hydrogens is 440 g/mol. The van der Waals surface area contributed by atoms with E-state index in [1.54, 1.807) is 31.3 Å². The number of hydrogen-bond donors (Lipinski definition) is 0. The fraction of sp³-hybridized carbons (Fsp3) is 0.440. The number of nitrogens with zero attached hydrogens (tertiary/aromatic N) is 2. The number of fused-ring (bicyclic) bond motifs is 1. The Hall–Kier alpha value is -3.62. The number of carbonyl (C=O) groups excluding carboxylic acids is 2. The first kappa shape index (κ1) is 23.5. The summed E-state index contributed by atoms with van der Waals surface area (Å²) in [4.78, 5) is 29.7. The van der Waals surface area contributed by atoms with Crippen molar-refractivity contribution in [1.82, 2.24) is 4.90 Å². The molecule has 2 aromatic rings. The van der Waals surface area contributed by atoms with Crippen molar-refractivity contribution in [2.75, 3.05) is 53.5 Å². The molecule has 1 saturated heterocycles. The molecular formula is C25H30N2O7. The van der Waals surface area contributed by atoms with Crippen LogP contribution >= 0.6 is 0 Å². The first-order chi connectivity index (χ1) is 16.4. The van der Waals surface area contributed by atoms with E-state index < -0.39 is 5.92 Å².